The number of thiazole rings is 1. The van der Waals surface area contributed by atoms with Crippen LogP contribution in [0.25, 0.3) is 4.96 Å². The second-order valence-corrected chi connectivity index (χ2v) is 8.00. The molecule has 0 N–H and O–H groups in total. The standard InChI is InChI=1S/C17H13ClF3N5OS/c1-2-11-15(10-3-8(10)6-22)26-14(27)4-9(23-16(26)28-11)7-25-13(18)5-12(24-25)17(19,20)21/h4-5,8,10H,2-3,7H2,1H3. The highest BCUT2D eigenvalue weighted by Gasteiger charge is 2.42. The number of aryl methyl sites for hydroxylation is 1. The van der Waals surface area contributed by atoms with Gasteiger partial charge in [-0.2, -0.15) is 23.5 Å². The molecule has 6 nitrogen and oxygen atoms in total. The topological polar surface area (TPSA) is 76.0 Å². The minimum atomic E-state index is -4.61. The van der Waals surface area contributed by atoms with E-state index in [9.17, 15) is 18.0 Å². The summed E-state index contributed by atoms with van der Waals surface area (Å²) in [7, 11) is 0. The molecule has 2 atom stereocenters. The van der Waals surface area contributed by atoms with E-state index < -0.39 is 11.9 Å². The number of nitriles is 1. The molecular weight excluding hydrogens is 415 g/mol. The Kier molecular flexibility index (Phi) is 4.47. The number of aromatic nitrogens is 4. The lowest BCUT2D eigenvalue weighted by Gasteiger charge is -2.05. The Morgan fingerprint density at radius 3 is 2.75 bits per heavy atom. The van der Waals surface area contributed by atoms with E-state index in [1.165, 1.54) is 21.8 Å². The Bertz CT molecular complexity index is 1170. The number of hydrogen-bond acceptors (Lipinski definition) is 5. The number of fused-ring (bicyclic) bond motifs is 1. The van der Waals surface area contributed by atoms with E-state index in [-0.39, 0.29) is 34.8 Å². The third-order valence-corrected chi connectivity index (χ3v) is 6.15. The molecule has 0 radical (unpaired) electrons. The van der Waals surface area contributed by atoms with E-state index in [1.807, 2.05) is 6.92 Å². The largest absolute Gasteiger partial charge is 0.435 e. The van der Waals surface area contributed by atoms with Crippen molar-refractivity contribution in [2.75, 3.05) is 0 Å². The third kappa shape index (κ3) is 3.18. The zero-order valence-corrected chi connectivity index (χ0v) is 16.1. The van der Waals surface area contributed by atoms with Gasteiger partial charge in [-0.1, -0.05) is 18.5 Å². The van der Waals surface area contributed by atoms with Crippen molar-refractivity contribution in [1.29, 1.82) is 5.26 Å². The molecule has 0 aliphatic heterocycles. The predicted molar refractivity (Wildman–Crippen MR) is 96.5 cm³/mol. The molecule has 0 saturated heterocycles. The summed E-state index contributed by atoms with van der Waals surface area (Å²) in [5, 5.41) is 12.4. The lowest BCUT2D eigenvalue weighted by atomic mass is 10.2. The Morgan fingerprint density at radius 2 is 2.18 bits per heavy atom. The summed E-state index contributed by atoms with van der Waals surface area (Å²) >= 11 is 7.21. The van der Waals surface area contributed by atoms with Gasteiger partial charge >= 0.3 is 6.18 Å². The molecule has 0 spiro atoms. The van der Waals surface area contributed by atoms with Gasteiger partial charge < -0.3 is 0 Å². The van der Waals surface area contributed by atoms with Gasteiger partial charge in [0.15, 0.2) is 10.7 Å². The fraction of sp³-hybridized carbons (Fsp3) is 0.412. The molecule has 0 bridgehead atoms. The molecule has 1 aliphatic carbocycles. The summed E-state index contributed by atoms with van der Waals surface area (Å²) in [6.45, 7) is 1.81. The molecule has 1 saturated carbocycles. The van der Waals surface area contributed by atoms with Gasteiger partial charge in [-0.15, -0.1) is 11.3 Å². The molecule has 11 heteroatoms. The smallest absolute Gasteiger partial charge is 0.269 e. The Morgan fingerprint density at radius 1 is 1.43 bits per heavy atom. The molecule has 0 aromatic carbocycles. The minimum absolute atomic E-state index is 0.0222. The zero-order valence-electron chi connectivity index (χ0n) is 14.5. The second-order valence-electron chi connectivity index (χ2n) is 6.55. The minimum Gasteiger partial charge on any atom is -0.269 e. The van der Waals surface area contributed by atoms with Crippen LogP contribution in [0.2, 0.25) is 5.15 Å². The van der Waals surface area contributed by atoms with E-state index in [2.05, 4.69) is 16.2 Å². The van der Waals surface area contributed by atoms with Crippen LogP contribution < -0.4 is 5.56 Å². The molecule has 2 unspecified atom stereocenters. The van der Waals surface area contributed by atoms with E-state index in [4.69, 9.17) is 16.9 Å². The van der Waals surface area contributed by atoms with Gasteiger partial charge in [0, 0.05) is 28.6 Å². The molecule has 3 heterocycles. The van der Waals surface area contributed by atoms with Gasteiger partial charge in [-0.25, -0.2) is 9.67 Å². The third-order valence-electron chi connectivity index (χ3n) is 4.64. The summed E-state index contributed by atoms with van der Waals surface area (Å²) in [4.78, 5) is 18.6. The van der Waals surface area contributed by atoms with Crippen molar-refractivity contribution in [1.82, 2.24) is 19.2 Å². The summed E-state index contributed by atoms with van der Waals surface area (Å²) < 4.78 is 40.9. The summed E-state index contributed by atoms with van der Waals surface area (Å²) in [5.74, 6) is -0.0766. The van der Waals surface area contributed by atoms with Crippen LogP contribution in [0.3, 0.4) is 0 Å². The first-order valence-corrected chi connectivity index (χ1v) is 9.66. The van der Waals surface area contributed by atoms with Crippen LogP contribution in [-0.4, -0.2) is 19.2 Å². The highest BCUT2D eigenvalue weighted by Crippen LogP contribution is 2.49. The summed E-state index contributed by atoms with van der Waals surface area (Å²) in [5.41, 5.74) is -0.325. The van der Waals surface area contributed by atoms with Crippen molar-refractivity contribution >= 4 is 27.9 Å². The summed E-state index contributed by atoms with van der Waals surface area (Å²) in [6, 6.07) is 4.24. The maximum absolute atomic E-state index is 12.8. The number of nitrogens with zero attached hydrogens (tertiary/aromatic N) is 5. The van der Waals surface area contributed by atoms with Crippen LogP contribution in [0.4, 0.5) is 13.2 Å². The van der Waals surface area contributed by atoms with Crippen LogP contribution in [0.15, 0.2) is 16.9 Å². The van der Waals surface area contributed by atoms with Crippen molar-refractivity contribution in [3.63, 3.8) is 0 Å². The number of halogens is 4. The fourth-order valence-electron chi connectivity index (χ4n) is 3.23. The molecule has 0 amide bonds. The molecule has 3 aromatic heterocycles. The molecule has 4 rings (SSSR count). The van der Waals surface area contributed by atoms with Gasteiger partial charge in [0.1, 0.15) is 5.15 Å². The van der Waals surface area contributed by atoms with Gasteiger partial charge in [0.25, 0.3) is 5.56 Å². The van der Waals surface area contributed by atoms with Crippen LogP contribution in [-0.2, 0) is 19.1 Å². The molecule has 1 aliphatic rings. The van der Waals surface area contributed by atoms with Crippen molar-refractivity contribution in [3.05, 3.63) is 49.6 Å². The van der Waals surface area contributed by atoms with E-state index in [1.54, 1.807) is 0 Å². The van der Waals surface area contributed by atoms with Gasteiger partial charge in [-0.05, 0) is 12.8 Å². The van der Waals surface area contributed by atoms with Crippen LogP contribution >= 0.6 is 22.9 Å². The molecule has 1 fully saturated rings. The highest BCUT2D eigenvalue weighted by molar-refractivity contribution is 7.17. The van der Waals surface area contributed by atoms with Crippen LogP contribution in [0.5, 0.6) is 0 Å². The van der Waals surface area contributed by atoms with Gasteiger partial charge in [0.2, 0.25) is 0 Å². The normalized spacial score (nSPS) is 19.1. The first-order valence-electron chi connectivity index (χ1n) is 8.47. The summed E-state index contributed by atoms with van der Waals surface area (Å²) in [6.07, 6.45) is -3.19. The van der Waals surface area contributed by atoms with Crippen molar-refractivity contribution < 1.29 is 13.2 Å². The van der Waals surface area contributed by atoms with E-state index in [0.29, 0.717) is 17.8 Å². The Hall–Kier alpha value is -2.38. The number of hydrogen-bond donors (Lipinski definition) is 0. The quantitative estimate of drug-likeness (QED) is 0.633. The fourth-order valence-corrected chi connectivity index (χ4v) is 4.58. The van der Waals surface area contributed by atoms with E-state index >= 15 is 0 Å². The van der Waals surface area contributed by atoms with Crippen LogP contribution in [0.1, 0.15) is 41.2 Å². The highest BCUT2D eigenvalue weighted by atomic mass is 35.5. The predicted octanol–water partition coefficient (Wildman–Crippen LogP) is 3.86. The Balaban J connectivity index is 1.74. The van der Waals surface area contributed by atoms with Gasteiger partial charge in [0.05, 0.1) is 24.2 Å². The first-order chi connectivity index (χ1) is 13.2. The average Bonchev–Trinajstić information content (AvgIpc) is 3.16. The molecular formula is C17H13ClF3N5OS. The van der Waals surface area contributed by atoms with Crippen molar-refractivity contribution in [2.24, 2.45) is 5.92 Å². The van der Waals surface area contributed by atoms with Crippen molar-refractivity contribution in [2.45, 2.75) is 38.4 Å². The zero-order chi connectivity index (χ0) is 20.2. The maximum atomic E-state index is 12.8. The van der Waals surface area contributed by atoms with Gasteiger partial charge in [-0.3, -0.25) is 9.20 Å². The lowest BCUT2D eigenvalue weighted by Crippen LogP contribution is -2.18. The molecule has 28 heavy (non-hydrogen) atoms. The molecule has 3 aromatic rings. The number of alkyl halides is 3. The SMILES string of the molecule is CCc1sc2nc(Cn3nc(C(F)(F)F)cc3Cl)cc(=O)n2c1C1CC1C#N. The van der Waals surface area contributed by atoms with Crippen molar-refractivity contribution in [3.8, 4) is 6.07 Å². The van der Waals surface area contributed by atoms with E-state index in [0.717, 1.165) is 21.3 Å². The first kappa shape index (κ1) is 19.0. The molecule has 146 valence electrons. The van der Waals surface area contributed by atoms with Crippen LogP contribution in [0, 0.1) is 17.2 Å². The average molecular weight is 428 g/mol. The second kappa shape index (κ2) is 6.60. The monoisotopic (exact) mass is 427 g/mol. The number of rotatable bonds is 4. The maximum Gasteiger partial charge on any atom is 0.435 e. The Labute approximate surface area is 165 Å². The lowest BCUT2D eigenvalue weighted by molar-refractivity contribution is -0.141.